The maximum absolute atomic E-state index is 5.68. The quantitative estimate of drug-likeness (QED) is 0.561. The second-order valence-corrected chi connectivity index (χ2v) is 4.60. The fraction of sp³-hybridized carbons (Fsp3) is 0.600. The van der Waals surface area contributed by atoms with Crippen LogP contribution in [0.1, 0.15) is 45.7 Å². The van der Waals surface area contributed by atoms with Crippen molar-refractivity contribution in [2.45, 2.75) is 40.2 Å². The molecular weight excluding hydrogens is 240 g/mol. The van der Waals surface area contributed by atoms with Gasteiger partial charge in [-0.1, -0.05) is 26.3 Å². The Balaban J connectivity index is 3.04. The summed E-state index contributed by atoms with van der Waals surface area (Å²) in [4.78, 5) is 0. The third kappa shape index (κ3) is 4.11. The second kappa shape index (κ2) is 8.02. The normalized spacial score (nSPS) is 13.9. The average molecular weight is 266 g/mol. The molecule has 4 nitrogen and oxygen atoms in total. The van der Waals surface area contributed by atoms with Crippen LogP contribution in [0.25, 0.3) is 0 Å². The highest BCUT2D eigenvalue weighted by molar-refractivity contribution is 5.44. The van der Waals surface area contributed by atoms with Crippen LogP contribution in [-0.2, 0) is 0 Å². The number of hydrogen-bond acceptors (Lipinski definition) is 4. The number of nitrogens with two attached hydrogens (primary N) is 1. The molecule has 4 heteroatoms. The minimum Gasteiger partial charge on any atom is -0.490 e. The lowest BCUT2D eigenvalue weighted by molar-refractivity contribution is 0.286. The minimum absolute atomic E-state index is 0.125. The first-order valence-corrected chi connectivity index (χ1v) is 7.03. The SMILES string of the molecule is CCOc1ccc(C(NN)C(C)CC)cc1OCC. The molecule has 108 valence electrons. The lowest BCUT2D eigenvalue weighted by Gasteiger charge is -2.23. The number of nitrogens with one attached hydrogen (secondary N) is 1. The van der Waals surface area contributed by atoms with Crippen molar-refractivity contribution in [1.29, 1.82) is 0 Å². The van der Waals surface area contributed by atoms with Gasteiger partial charge in [-0.15, -0.1) is 0 Å². The zero-order chi connectivity index (χ0) is 14.3. The third-order valence-corrected chi connectivity index (χ3v) is 3.32. The molecule has 0 saturated carbocycles. The van der Waals surface area contributed by atoms with Crippen LogP contribution >= 0.6 is 0 Å². The number of benzene rings is 1. The van der Waals surface area contributed by atoms with E-state index < -0.39 is 0 Å². The number of hydrogen-bond donors (Lipinski definition) is 2. The third-order valence-electron chi connectivity index (χ3n) is 3.32. The van der Waals surface area contributed by atoms with E-state index in [1.165, 1.54) is 0 Å². The van der Waals surface area contributed by atoms with Crippen molar-refractivity contribution in [3.8, 4) is 11.5 Å². The van der Waals surface area contributed by atoms with Gasteiger partial charge in [-0.2, -0.15) is 0 Å². The first-order chi connectivity index (χ1) is 9.17. The van der Waals surface area contributed by atoms with E-state index in [9.17, 15) is 0 Å². The Morgan fingerprint density at radius 3 is 2.26 bits per heavy atom. The molecule has 1 rings (SSSR count). The fourth-order valence-corrected chi connectivity index (χ4v) is 2.09. The van der Waals surface area contributed by atoms with Crippen molar-refractivity contribution < 1.29 is 9.47 Å². The monoisotopic (exact) mass is 266 g/mol. The standard InChI is InChI=1S/C15H26N2O2/c1-5-11(4)15(17-16)12-8-9-13(18-6-2)14(10-12)19-7-3/h8-11,15,17H,5-7,16H2,1-4H3. The Hall–Kier alpha value is -1.26. The van der Waals surface area contributed by atoms with E-state index in [0.29, 0.717) is 19.1 Å². The van der Waals surface area contributed by atoms with Crippen molar-refractivity contribution in [3.05, 3.63) is 23.8 Å². The number of hydrazine groups is 1. The topological polar surface area (TPSA) is 56.5 Å². The van der Waals surface area contributed by atoms with Crippen molar-refractivity contribution in [2.24, 2.45) is 11.8 Å². The van der Waals surface area contributed by atoms with E-state index in [-0.39, 0.29) is 6.04 Å². The molecular formula is C15H26N2O2. The summed E-state index contributed by atoms with van der Waals surface area (Å²) in [5, 5.41) is 0. The highest BCUT2D eigenvalue weighted by Crippen LogP contribution is 2.33. The Morgan fingerprint density at radius 1 is 1.11 bits per heavy atom. The van der Waals surface area contributed by atoms with Gasteiger partial charge < -0.3 is 9.47 Å². The van der Waals surface area contributed by atoms with Gasteiger partial charge in [-0.25, -0.2) is 0 Å². The van der Waals surface area contributed by atoms with Gasteiger partial charge >= 0.3 is 0 Å². The van der Waals surface area contributed by atoms with Gasteiger partial charge in [-0.3, -0.25) is 11.3 Å². The predicted octanol–water partition coefficient (Wildman–Crippen LogP) is 3.03. The Bertz CT molecular complexity index is 382. The fourth-order valence-electron chi connectivity index (χ4n) is 2.09. The van der Waals surface area contributed by atoms with E-state index in [1.54, 1.807) is 0 Å². The first-order valence-electron chi connectivity index (χ1n) is 7.03. The van der Waals surface area contributed by atoms with Gasteiger partial charge in [0.25, 0.3) is 0 Å². The zero-order valence-corrected chi connectivity index (χ0v) is 12.4. The van der Waals surface area contributed by atoms with E-state index in [2.05, 4.69) is 19.3 Å². The van der Waals surface area contributed by atoms with E-state index in [0.717, 1.165) is 23.5 Å². The summed E-state index contributed by atoms with van der Waals surface area (Å²) in [5.74, 6) is 7.70. The average Bonchev–Trinajstić information content (AvgIpc) is 2.42. The van der Waals surface area contributed by atoms with E-state index >= 15 is 0 Å². The molecule has 0 aromatic heterocycles. The molecule has 0 radical (unpaired) electrons. The molecule has 1 aromatic rings. The maximum Gasteiger partial charge on any atom is 0.161 e. The molecule has 2 unspecified atom stereocenters. The van der Waals surface area contributed by atoms with Crippen LogP contribution in [0.5, 0.6) is 11.5 Å². The van der Waals surface area contributed by atoms with E-state index in [1.807, 2.05) is 32.0 Å². The summed E-state index contributed by atoms with van der Waals surface area (Å²) in [6.45, 7) is 9.52. The molecule has 0 amide bonds. The van der Waals surface area contributed by atoms with Crippen LogP contribution in [0.4, 0.5) is 0 Å². The summed E-state index contributed by atoms with van der Waals surface area (Å²) in [6, 6.07) is 6.14. The molecule has 1 aromatic carbocycles. The molecule has 0 fully saturated rings. The predicted molar refractivity (Wildman–Crippen MR) is 78.3 cm³/mol. The maximum atomic E-state index is 5.68. The Labute approximate surface area is 116 Å². The van der Waals surface area contributed by atoms with Crippen molar-refractivity contribution in [2.75, 3.05) is 13.2 Å². The lowest BCUT2D eigenvalue weighted by atomic mass is 9.93. The molecule has 0 spiro atoms. The van der Waals surface area contributed by atoms with Crippen LogP contribution in [0.2, 0.25) is 0 Å². The summed E-state index contributed by atoms with van der Waals surface area (Å²) in [6.07, 6.45) is 1.06. The van der Waals surface area contributed by atoms with Gasteiger partial charge in [0.05, 0.1) is 13.2 Å². The molecule has 0 bridgehead atoms. The zero-order valence-electron chi connectivity index (χ0n) is 12.4. The second-order valence-electron chi connectivity index (χ2n) is 4.60. The minimum atomic E-state index is 0.125. The van der Waals surface area contributed by atoms with Crippen LogP contribution in [0, 0.1) is 5.92 Å². The van der Waals surface area contributed by atoms with Crippen LogP contribution in [0.15, 0.2) is 18.2 Å². The summed E-state index contributed by atoms with van der Waals surface area (Å²) in [7, 11) is 0. The first kappa shape index (κ1) is 15.8. The highest BCUT2D eigenvalue weighted by atomic mass is 16.5. The van der Waals surface area contributed by atoms with Crippen molar-refractivity contribution in [3.63, 3.8) is 0 Å². The largest absolute Gasteiger partial charge is 0.490 e. The summed E-state index contributed by atoms with van der Waals surface area (Å²) >= 11 is 0. The molecule has 0 aliphatic carbocycles. The summed E-state index contributed by atoms with van der Waals surface area (Å²) < 4.78 is 11.2. The van der Waals surface area contributed by atoms with Gasteiger partial charge in [0.1, 0.15) is 0 Å². The smallest absolute Gasteiger partial charge is 0.161 e. The Kier molecular flexibility index (Phi) is 6.67. The van der Waals surface area contributed by atoms with Crippen molar-refractivity contribution in [1.82, 2.24) is 5.43 Å². The molecule has 3 N–H and O–H groups in total. The molecule has 19 heavy (non-hydrogen) atoms. The van der Waals surface area contributed by atoms with Crippen LogP contribution < -0.4 is 20.7 Å². The molecule has 0 saturated heterocycles. The lowest BCUT2D eigenvalue weighted by Crippen LogP contribution is -2.32. The van der Waals surface area contributed by atoms with Gasteiger partial charge in [-0.05, 0) is 37.5 Å². The van der Waals surface area contributed by atoms with E-state index in [4.69, 9.17) is 15.3 Å². The van der Waals surface area contributed by atoms with Gasteiger partial charge in [0, 0.05) is 6.04 Å². The molecule has 0 heterocycles. The molecule has 0 aliphatic heterocycles. The van der Waals surface area contributed by atoms with Crippen LogP contribution in [0.3, 0.4) is 0 Å². The van der Waals surface area contributed by atoms with Gasteiger partial charge in [0.15, 0.2) is 11.5 Å². The summed E-state index contributed by atoms with van der Waals surface area (Å²) in [5.41, 5.74) is 4.02. The van der Waals surface area contributed by atoms with Gasteiger partial charge in [0.2, 0.25) is 0 Å². The number of ether oxygens (including phenoxy) is 2. The van der Waals surface area contributed by atoms with Crippen LogP contribution in [-0.4, -0.2) is 13.2 Å². The Morgan fingerprint density at radius 2 is 1.74 bits per heavy atom. The van der Waals surface area contributed by atoms with Crippen molar-refractivity contribution >= 4 is 0 Å². The number of rotatable bonds is 8. The molecule has 0 aliphatic rings. The molecule has 2 atom stereocenters. The highest BCUT2D eigenvalue weighted by Gasteiger charge is 2.18.